The molecular formula is C17H29NO6. The fourth-order valence-corrected chi connectivity index (χ4v) is 2.25. The molecule has 1 amide bonds. The average molecular weight is 343 g/mol. The summed E-state index contributed by atoms with van der Waals surface area (Å²) in [7, 11) is 0. The van der Waals surface area contributed by atoms with Crippen LogP contribution in [0.5, 0.6) is 0 Å². The zero-order valence-electron chi connectivity index (χ0n) is 14.9. The summed E-state index contributed by atoms with van der Waals surface area (Å²) in [6.45, 7) is 7.63. The fraction of sp³-hybridized carbons (Fsp3) is 0.706. The maximum atomic E-state index is 12.0. The van der Waals surface area contributed by atoms with Gasteiger partial charge in [-0.1, -0.05) is 26.8 Å². The quantitative estimate of drug-likeness (QED) is 0.434. The van der Waals surface area contributed by atoms with Gasteiger partial charge < -0.3 is 20.6 Å². The van der Waals surface area contributed by atoms with Crippen molar-refractivity contribution < 1.29 is 29.7 Å². The molecule has 7 nitrogen and oxygen atoms in total. The third-order valence-electron chi connectivity index (χ3n) is 4.24. The molecule has 0 aromatic carbocycles. The Hall–Kier alpha value is -1.73. The number of aliphatic carboxylic acids is 1. The van der Waals surface area contributed by atoms with Crippen LogP contribution in [0.15, 0.2) is 11.6 Å². The normalized spacial score (nSPS) is 18.2. The lowest BCUT2D eigenvalue weighted by molar-refractivity contribution is -0.147. The Morgan fingerprint density at radius 2 is 1.58 bits per heavy atom. The van der Waals surface area contributed by atoms with E-state index in [2.05, 4.69) is 5.32 Å². The minimum Gasteiger partial charge on any atom is -0.481 e. The first kappa shape index (κ1) is 22.3. The molecule has 4 N–H and O–H groups in total. The molecule has 0 aromatic rings. The molecule has 24 heavy (non-hydrogen) atoms. The smallest absolute Gasteiger partial charge is 0.308 e. The number of carbonyl (C=O) groups excluding carboxylic acids is 2. The summed E-state index contributed by atoms with van der Waals surface area (Å²) < 4.78 is 0. The van der Waals surface area contributed by atoms with Gasteiger partial charge in [0.15, 0.2) is 5.78 Å². The summed E-state index contributed by atoms with van der Waals surface area (Å²) in [5.41, 5.74) is 0.686. The largest absolute Gasteiger partial charge is 0.481 e. The van der Waals surface area contributed by atoms with Crippen LogP contribution in [-0.4, -0.2) is 51.7 Å². The van der Waals surface area contributed by atoms with Crippen molar-refractivity contribution in [3.63, 3.8) is 0 Å². The van der Waals surface area contributed by atoms with Gasteiger partial charge in [-0.15, -0.1) is 0 Å². The Kier molecular flexibility index (Phi) is 9.47. The highest BCUT2D eigenvalue weighted by molar-refractivity contribution is 5.89. The molecule has 0 spiro atoms. The minimum atomic E-state index is -1.33. The molecule has 138 valence electrons. The zero-order valence-corrected chi connectivity index (χ0v) is 14.9. The van der Waals surface area contributed by atoms with Gasteiger partial charge in [0.05, 0.1) is 30.6 Å². The molecule has 0 rings (SSSR count). The van der Waals surface area contributed by atoms with E-state index < -0.39 is 47.6 Å². The molecule has 0 fully saturated rings. The lowest BCUT2D eigenvalue weighted by atomic mass is 9.90. The lowest BCUT2D eigenvalue weighted by Gasteiger charge is -2.22. The maximum absolute atomic E-state index is 12.0. The van der Waals surface area contributed by atoms with E-state index in [1.165, 1.54) is 13.8 Å². The van der Waals surface area contributed by atoms with Crippen LogP contribution in [-0.2, 0) is 14.4 Å². The van der Waals surface area contributed by atoms with Crippen molar-refractivity contribution in [2.75, 3.05) is 6.54 Å². The molecule has 0 radical (unpaired) electrons. The number of rotatable bonds is 10. The van der Waals surface area contributed by atoms with E-state index >= 15 is 0 Å². The maximum Gasteiger partial charge on any atom is 0.308 e. The predicted molar refractivity (Wildman–Crippen MR) is 89.2 cm³/mol. The van der Waals surface area contributed by atoms with Crippen molar-refractivity contribution in [1.82, 2.24) is 5.32 Å². The van der Waals surface area contributed by atoms with Gasteiger partial charge in [0, 0.05) is 5.92 Å². The highest BCUT2D eigenvalue weighted by Crippen LogP contribution is 2.15. The first-order chi connectivity index (χ1) is 11.0. The van der Waals surface area contributed by atoms with Gasteiger partial charge in [0.2, 0.25) is 5.91 Å². The van der Waals surface area contributed by atoms with Gasteiger partial charge >= 0.3 is 5.97 Å². The van der Waals surface area contributed by atoms with Crippen LogP contribution in [0.2, 0.25) is 0 Å². The standard InChI is InChI=1S/C17H29NO6/c1-6-7-9(2)14(20)11(4)16(22)18-8-13(19)10(3)15(21)12(5)17(23)24/h7,10-12,14-15,20-21H,6,8H2,1-5H3,(H,18,22)(H,23,24)/b9-7+/t10-,11+,12-,14+,15-/m1/s1. The second kappa shape index (κ2) is 10.2. The number of carboxylic acid groups (broad SMARTS) is 1. The number of aliphatic hydroxyl groups excluding tert-OH is 2. The number of allylic oxidation sites excluding steroid dienone is 1. The predicted octanol–water partition coefficient (Wildman–Crippen LogP) is 0.743. The summed E-state index contributed by atoms with van der Waals surface area (Å²) in [5.74, 6) is -4.86. The Bertz CT molecular complexity index is 487. The Morgan fingerprint density at radius 3 is 2.04 bits per heavy atom. The van der Waals surface area contributed by atoms with Crippen molar-refractivity contribution in [1.29, 1.82) is 0 Å². The van der Waals surface area contributed by atoms with Crippen molar-refractivity contribution in [2.24, 2.45) is 17.8 Å². The second-order valence-electron chi connectivity index (χ2n) is 6.18. The van der Waals surface area contributed by atoms with E-state index in [9.17, 15) is 24.6 Å². The van der Waals surface area contributed by atoms with E-state index in [1.807, 2.05) is 13.0 Å². The number of hydrogen-bond acceptors (Lipinski definition) is 5. The highest BCUT2D eigenvalue weighted by atomic mass is 16.4. The third kappa shape index (κ3) is 6.41. The Labute approximate surface area is 142 Å². The van der Waals surface area contributed by atoms with Crippen molar-refractivity contribution in [3.8, 4) is 0 Å². The van der Waals surface area contributed by atoms with E-state index in [0.29, 0.717) is 5.57 Å². The summed E-state index contributed by atoms with van der Waals surface area (Å²) >= 11 is 0. The van der Waals surface area contributed by atoms with Gasteiger partial charge in [0.1, 0.15) is 0 Å². The number of carboxylic acids is 1. The number of carbonyl (C=O) groups is 3. The first-order valence-corrected chi connectivity index (χ1v) is 8.10. The van der Waals surface area contributed by atoms with Gasteiger partial charge in [0.25, 0.3) is 0 Å². The molecule has 0 unspecified atom stereocenters. The molecule has 0 bridgehead atoms. The van der Waals surface area contributed by atoms with Crippen LogP contribution in [0.3, 0.4) is 0 Å². The third-order valence-corrected chi connectivity index (χ3v) is 4.24. The van der Waals surface area contributed by atoms with E-state index in [1.54, 1.807) is 13.8 Å². The average Bonchev–Trinajstić information content (AvgIpc) is 2.55. The molecule has 0 aliphatic carbocycles. The van der Waals surface area contributed by atoms with Gasteiger partial charge in [-0.3, -0.25) is 14.4 Å². The van der Waals surface area contributed by atoms with E-state index in [0.717, 1.165) is 6.42 Å². The highest BCUT2D eigenvalue weighted by Gasteiger charge is 2.31. The summed E-state index contributed by atoms with van der Waals surface area (Å²) in [6, 6.07) is 0. The topological polar surface area (TPSA) is 124 Å². The first-order valence-electron chi connectivity index (χ1n) is 8.10. The zero-order chi connectivity index (χ0) is 19.0. The van der Waals surface area contributed by atoms with Crippen LogP contribution in [0.4, 0.5) is 0 Å². The van der Waals surface area contributed by atoms with Crippen LogP contribution in [0.25, 0.3) is 0 Å². The number of Topliss-reactive ketones (excluding diaryl/α,β-unsaturated/α-hetero) is 1. The van der Waals surface area contributed by atoms with E-state index in [4.69, 9.17) is 5.11 Å². The Morgan fingerprint density at radius 1 is 1.04 bits per heavy atom. The molecule has 0 aliphatic heterocycles. The molecular weight excluding hydrogens is 314 g/mol. The summed E-state index contributed by atoms with van der Waals surface area (Å²) in [4.78, 5) is 34.9. The molecule has 0 aliphatic rings. The number of ketones is 1. The second-order valence-corrected chi connectivity index (χ2v) is 6.18. The molecule has 0 saturated heterocycles. The van der Waals surface area contributed by atoms with E-state index in [-0.39, 0.29) is 6.54 Å². The molecule has 0 heterocycles. The van der Waals surface area contributed by atoms with Gasteiger partial charge in [-0.05, 0) is 25.8 Å². The van der Waals surface area contributed by atoms with Crippen molar-refractivity contribution in [3.05, 3.63) is 11.6 Å². The SMILES string of the molecule is CC/C=C(\C)[C@H](O)[C@H](C)C(=O)NCC(=O)[C@@H](C)[C@@H](O)[C@@H](C)C(=O)O. The Balaban J connectivity index is 4.62. The monoisotopic (exact) mass is 343 g/mol. The molecule has 0 saturated carbocycles. The van der Waals surface area contributed by atoms with Crippen LogP contribution in [0.1, 0.15) is 41.0 Å². The molecule has 0 aromatic heterocycles. The summed E-state index contributed by atoms with van der Waals surface area (Å²) in [6.07, 6.45) is 0.304. The lowest BCUT2D eigenvalue weighted by Crippen LogP contribution is -2.43. The van der Waals surface area contributed by atoms with Crippen molar-refractivity contribution in [2.45, 2.75) is 53.2 Å². The van der Waals surface area contributed by atoms with Crippen molar-refractivity contribution >= 4 is 17.7 Å². The number of aliphatic hydroxyl groups is 2. The molecule has 5 atom stereocenters. The summed E-state index contributed by atoms with van der Waals surface area (Å²) in [5, 5.41) is 31.2. The number of amides is 1. The van der Waals surface area contributed by atoms with Crippen LogP contribution < -0.4 is 5.32 Å². The molecule has 7 heteroatoms. The van der Waals surface area contributed by atoms with Gasteiger partial charge in [-0.2, -0.15) is 0 Å². The number of hydrogen-bond donors (Lipinski definition) is 4. The van der Waals surface area contributed by atoms with Crippen LogP contribution in [0, 0.1) is 17.8 Å². The fourth-order valence-electron chi connectivity index (χ4n) is 2.25. The van der Waals surface area contributed by atoms with Gasteiger partial charge in [-0.25, -0.2) is 0 Å². The minimum absolute atomic E-state index is 0.322. The van der Waals surface area contributed by atoms with Crippen LogP contribution >= 0.6 is 0 Å². The number of nitrogens with one attached hydrogen (secondary N) is 1.